The molecule has 1 fully saturated rings. The quantitative estimate of drug-likeness (QED) is 0.873. The van der Waals surface area contributed by atoms with Gasteiger partial charge in [0.15, 0.2) is 0 Å². The number of aromatic nitrogens is 2. The van der Waals surface area contributed by atoms with Crippen molar-refractivity contribution >= 4 is 5.82 Å². The Hall–Kier alpha value is -1.36. The van der Waals surface area contributed by atoms with Gasteiger partial charge in [-0.15, -0.1) is 0 Å². The van der Waals surface area contributed by atoms with Gasteiger partial charge in [0.25, 0.3) is 5.56 Å². The number of likely N-dealkylation sites (tertiary alicyclic amines) is 1. The van der Waals surface area contributed by atoms with Crippen molar-refractivity contribution in [2.24, 2.45) is 0 Å². The molecule has 1 aliphatic heterocycles. The Bertz CT molecular complexity index is 483. The highest BCUT2D eigenvalue weighted by molar-refractivity contribution is 5.35. The summed E-state index contributed by atoms with van der Waals surface area (Å²) in [6, 6.07) is 2.52. The fourth-order valence-corrected chi connectivity index (χ4v) is 2.45. The number of H-pyrrole nitrogens is 1. The summed E-state index contributed by atoms with van der Waals surface area (Å²) in [4.78, 5) is 21.3. The van der Waals surface area contributed by atoms with Gasteiger partial charge in [0.2, 0.25) is 0 Å². The zero-order valence-electron chi connectivity index (χ0n) is 12.2. The first-order valence-electron chi connectivity index (χ1n) is 7.03. The van der Waals surface area contributed by atoms with Crippen molar-refractivity contribution in [1.82, 2.24) is 14.9 Å². The summed E-state index contributed by atoms with van der Waals surface area (Å²) in [7, 11) is 2.16. The normalized spacial score (nSPS) is 24.7. The summed E-state index contributed by atoms with van der Waals surface area (Å²) >= 11 is 0. The number of nitrogens with one attached hydrogen (secondary N) is 2. The zero-order chi connectivity index (χ0) is 14.0. The molecule has 106 valence electrons. The first-order chi connectivity index (χ1) is 8.95. The molecule has 2 unspecified atom stereocenters. The van der Waals surface area contributed by atoms with Crippen molar-refractivity contribution in [2.45, 2.75) is 51.6 Å². The summed E-state index contributed by atoms with van der Waals surface area (Å²) in [6.07, 6.45) is 2.17. The van der Waals surface area contributed by atoms with Crippen molar-refractivity contribution < 1.29 is 0 Å². The maximum atomic E-state index is 11.6. The van der Waals surface area contributed by atoms with Crippen molar-refractivity contribution in [1.29, 1.82) is 0 Å². The first-order valence-corrected chi connectivity index (χ1v) is 7.03. The molecule has 0 spiro atoms. The molecule has 0 aliphatic carbocycles. The summed E-state index contributed by atoms with van der Waals surface area (Å²) in [5.74, 6) is 1.68. The average Bonchev–Trinajstić information content (AvgIpc) is 2.33. The second-order valence-electron chi connectivity index (χ2n) is 5.87. The van der Waals surface area contributed by atoms with Crippen LogP contribution in [0.1, 0.15) is 45.4 Å². The molecule has 19 heavy (non-hydrogen) atoms. The lowest BCUT2D eigenvalue weighted by Crippen LogP contribution is -2.42. The number of hydrogen-bond acceptors (Lipinski definition) is 4. The topological polar surface area (TPSA) is 61.0 Å². The highest BCUT2D eigenvalue weighted by Crippen LogP contribution is 2.19. The first kappa shape index (κ1) is 14.1. The number of aromatic amines is 1. The number of rotatable bonds is 3. The van der Waals surface area contributed by atoms with Gasteiger partial charge in [0.05, 0.1) is 0 Å². The van der Waals surface area contributed by atoms with Gasteiger partial charge in [-0.2, -0.15) is 0 Å². The number of hydrogen-bond donors (Lipinski definition) is 2. The molecular weight excluding hydrogens is 240 g/mol. The van der Waals surface area contributed by atoms with Crippen LogP contribution in [0, 0.1) is 0 Å². The average molecular weight is 264 g/mol. The van der Waals surface area contributed by atoms with Gasteiger partial charge in [-0.05, 0) is 26.8 Å². The monoisotopic (exact) mass is 264 g/mol. The van der Waals surface area contributed by atoms with Crippen molar-refractivity contribution in [3.05, 3.63) is 22.2 Å². The SMILES string of the molecule is CC(C)c1nc(NC2CCN(C)C(C)C2)cc(=O)[nH]1. The molecule has 0 bridgehead atoms. The Kier molecular flexibility index (Phi) is 4.24. The molecule has 2 N–H and O–H groups in total. The van der Waals surface area contributed by atoms with E-state index in [9.17, 15) is 4.79 Å². The Labute approximate surface area is 114 Å². The fourth-order valence-electron chi connectivity index (χ4n) is 2.45. The lowest BCUT2D eigenvalue weighted by molar-refractivity contribution is 0.190. The van der Waals surface area contributed by atoms with Crippen LogP contribution in [0.5, 0.6) is 0 Å². The van der Waals surface area contributed by atoms with Gasteiger partial charge in [0.1, 0.15) is 11.6 Å². The number of anilines is 1. The summed E-state index contributed by atoms with van der Waals surface area (Å²) < 4.78 is 0. The lowest BCUT2D eigenvalue weighted by Gasteiger charge is -2.35. The van der Waals surface area contributed by atoms with Crippen LogP contribution < -0.4 is 10.9 Å². The van der Waals surface area contributed by atoms with Crippen LogP contribution in [0.25, 0.3) is 0 Å². The molecule has 2 atom stereocenters. The molecule has 0 radical (unpaired) electrons. The Morgan fingerprint density at radius 3 is 2.89 bits per heavy atom. The zero-order valence-corrected chi connectivity index (χ0v) is 12.2. The predicted octanol–water partition coefficient (Wildman–Crippen LogP) is 1.79. The third kappa shape index (κ3) is 3.56. The largest absolute Gasteiger partial charge is 0.367 e. The third-order valence-corrected chi connectivity index (χ3v) is 3.87. The van der Waals surface area contributed by atoms with Gasteiger partial charge >= 0.3 is 0 Å². The van der Waals surface area contributed by atoms with Crippen molar-refractivity contribution in [2.75, 3.05) is 18.9 Å². The van der Waals surface area contributed by atoms with Crippen LogP contribution in [0.2, 0.25) is 0 Å². The maximum Gasteiger partial charge on any atom is 0.252 e. The molecule has 1 aliphatic rings. The second kappa shape index (κ2) is 5.74. The van der Waals surface area contributed by atoms with E-state index in [0.717, 1.165) is 25.2 Å². The van der Waals surface area contributed by atoms with Crippen molar-refractivity contribution in [3.8, 4) is 0 Å². The van der Waals surface area contributed by atoms with Crippen LogP contribution in [-0.4, -0.2) is 40.5 Å². The molecule has 1 aromatic rings. The number of nitrogens with zero attached hydrogens (tertiary/aromatic N) is 2. The van der Waals surface area contributed by atoms with E-state index in [1.165, 1.54) is 0 Å². The van der Waals surface area contributed by atoms with Crippen LogP contribution in [0.15, 0.2) is 10.9 Å². The third-order valence-electron chi connectivity index (χ3n) is 3.87. The van der Waals surface area contributed by atoms with Gasteiger partial charge in [-0.1, -0.05) is 13.8 Å². The van der Waals surface area contributed by atoms with E-state index in [1.54, 1.807) is 6.07 Å². The van der Waals surface area contributed by atoms with Crippen LogP contribution in [0.3, 0.4) is 0 Å². The Morgan fingerprint density at radius 2 is 2.26 bits per heavy atom. The molecule has 5 nitrogen and oxygen atoms in total. The summed E-state index contributed by atoms with van der Waals surface area (Å²) in [5, 5.41) is 3.41. The fraction of sp³-hybridized carbons (Fsp3) is 0.714. The van der Waals surface area contributed by atoms with Crippen molar-refractivity contribution in [3.63, 3.8) is 0 Å². The van der Waals surface area contributed by atoms with E-state index < -0.39 is 0 Å². The van der Waals surface area contributed by atoms with Crippen LogP contribution >= 0.6 is 0 Å². The van der Waals surface area contributed by atoms with Gasteiger partial charge < -0.3 is 15.2 Å². The molecule has 0 amide bonds. The molecule has 2 heterocycles. The minimum atomic E-state index is -0.0813. The highest BCUT2D eigenvalue weighted by Gasteiger charge is 2.23. The molecule has 1 aromatic heterocycles. The van der Waals surface area contributed by atoms with Gasteiger partial charge in [-0.25, -0.2) is 4.98 Å². The maximum absolute atomic E-state index is 11.6. The summed E-state index contributed by atoms with van der Waals surface area (Å²) in [5.41, 5.74) is -0.0813. The summed E-state index contributed by atoms with van der Waals surface area (Å²) in [6.45, 7) is 7.37. The molecule has 0 aromatic carbocycles. The van der Waals surface area contributed by atoms with Crippen LogP contribution in [0.4, 0.5) is 5.82 Å². The minimum Gasteiger partial charge on any atom is -0.367 e. The van der Waals surface area contributed by atoms with E-state index in [4.69, 9.17) is 0 Å². The van der Waals surface area contributed by atoms with E-state index in [0.29, 0.717) is 17.9 Å². The lowest BCUT2D eigenvalue weighted by atomic mass is 9.99. The smallest absolute Gasteiger partial charge is 0.252 e. The predicted molar refractivity (Wildman–Crippen MR) is 77.7 cm³/mol. The molecule has 2 rings (SSSR count). The van der Waals surface area contributed by atoms with E-state index in [2.05, 4.69) is 34.2 Å². The van der Waals surface area contributed by atoms with Crippen LogP contribution in [-0.2, 0) is 0 Å². The Balaban J connectivity index is 2.09. The molecular formula is C14H24N4O. The second-order valence-corrected chi connectivity index (χ2v) is 5.87. The number of piperidine rings is 1. The standard InChI is InChI=1S/C14H24N4O/c1-9(2)14-16-12(8-13(19)17-14)15-11-5-6-18(4)10(3)7-11/h8-11H,5-7H2,1-4H3,(H2,15,16,17,19). The van der Waals surface area contributed by atoms with Gasteiger partial charge in [-0.3, -0.25) is 4.79 Å². The minimum absolute atomic E-state index is 0.0813. The van der Waals surface area contributed by atoms with Gasteiger partial charge in [0, 0.05) is 30.6 Å². The molecule has 5 heteroatoms. The highest BCUT2D eigenvalue weighted by atomic mass is 16.1. The van der Waals surface area contributed by atoms with E-state index in [1.807, 2.05) is 13.8 Å². The molecule has 0 saturated carbocycles. The molecule has 1 saturated heterocycles. The van der Waals surface area contributed by atoms with E-state index in [-0.39, 0.29) is 11.5 Å². The Morgan fingerprint density at radius 1 is 1.53 bits per heavy atom. The van der Waals surface area contributed by atoms with E-state index >= 15 is 0 Å².